The molecule has 0 aliphatic carbocycles. The van der Waals surface area contributed by atoms with E-state index in [2.05, 4.69) is 10.2 Å². The van der Waals surface area contributed by atoms with E-state index in [1.807, 2.05) is 37.4 Å². The van der Waals surface area contributed by atoms with Gasteiger partial charge in [0.15, 0.2) is 11.0 Å². The van der Waals surface area contributed by atoms with Gasteiger partial charge in [-0.3, -0.25) is 0 Å². The monoisotopic (exact) mass is 265 g/mol. The van der Waals surface area contributed by atoms with Gasteiger partial charge in [0.25, 0.3) is 0 Å². The molecule has 96 valence electrons. The fourth-order valence-corrected chi connectivity index (χ4v) is 2.11. The van der Waals surface area contributed by atoms with Crippen LogP contribution in [0.25, 0.3) is 0 Å². The van der Waals surface area contributed by atoms with Crippen LogP contribution in [0.5, 0.6) is 0 Å². The number of hydrogen-bond donors (Lipinski definition) is 1. The highest BCUT2D eigenvalue weighted by molar-refractivity contribution is 7.99. The average molecular weight is 265 g/mol. The fraction of sp³-hybridized carbons (Fsp3) is 0.333. The van der Waals surface area contributed by atoms with Crippen molar-refractivity contribution in [2.75, 3.05) is 5.94 Å². The standard InChI is InChI=1S/C12H15N3O2S/c1-15-11(7-16)13-14-12(15)18-9-17-8-10-5-3-2-4-6-10/h2-6,16H,7-9H2,1H3. The van der Waals surface area contributed by atoms with Crippen LogP contribution < -0.4 is 0 Å². The summed E-state index contributed by atoms with van der Waals surface area (Å²) >= 11 is 1.46. The highest BCUT2D eigenvalue weighted by atomic mass is 32.2. The fourth-order valence-electron chi connectivity index (χ4n) is 1.44. The van der Waals surface area contributed by atoms with Gasteiger partial charge in [0.1, 0.15) is 12.5 Å². The zero-order valence-electron chi connectivity index (χ0n) is 10.1. The van der Waals surface area contributed by atoms with Crippen LogP contribution in [0.2, 0.25) is 0 Å². The number of hydrogen-bond acceptors (Lipinski definition) is 5. The highest BCUT2D eigenvalue weighted by Gasteiger charge is 2.07. The van der Waals surface area contributed by atoms with E-state index in [0.29, 0.717) is 18.4 Å². The Bertz CT molecular complexity index is 487. The van der Waals surface area contributed by atoms with E-state index in [1.54, 1.807) is 4.57 Å². The van der Waals surface area contributed by atoms with Gasteiger partial charge in [0.2, 0.25) is 0 Å². The molecule has 0 aliphatic heterocycles. The van der Waals surface area contributed by atoms with Gasteiger partial charge < -0.3 is 14.4 Å². The lowest BCUT2D eigenvalue weighted by Gasteiger charge is -2.04. The van der Waals surface area contributed by atoms with E-state index in [4.69, 9.17) is 9.84 Å². The van der Waals surface area contributed by atoms with E-state index >= 15 is 0 Å². The van der Waals surface area contributed by atoms with E-state index < -0.39 is 0 Å². The number of ether oxygens (including phenoxy) is 1. The average Bonchev–Trinajstić information content (AvgIpc) is 2.77. The number of aromatic nitrogens is 3. The van der Waals surface area contributed by atoms with Crippen molar-refractivity contribution in [3.63, 3.8) is 0 Å². The van der Waals surface area contributed by atoms with Crippen molar-refractivity contribution in [2.24, 2.45) is 7.05 Å². The maximum atomic E-state index is 8.99. The van der Waals surface area contributed by atoms with Crippen molar-refractivity contribution < 1.29 is 9.84 Å². The Morgan fingerprint density at radius 1 is 1.28 bits per heavy atom. The largest absolute Gasteiger partial charge is 0.388 e. The van der Waals surface area contributed by atoms with Gasteiger partial charge in [-0.2, -0.15) is 0 Å². The van der Waals surface area contributed by atoms with Crippen molar-refractivity contribution in [1.82, 2.24) is 14.8 Å². The minimum atomic E-state index is -0.102. The molecule has 6 heteroatoms. The first kappa shape index (κ1) is 13.1. The van der Waals surface area contributed by atoms with Crippen LogP contribution in [0.4, 0.5) is 0 Å². The maximum Gasteiger partial charge on any atom is 0.193 e. The Morgan fingerprint density at radius 2 is 2.06 bits per heavy atom. The third-order valence-corrected chi connectivity index (χ3v) is 3.35. The van der Waals surface area contributed by atoms with Gasteiger partial charge in [0, 0.05) is 7.05 Å². The molecule has 0 spiro atoms. The van der Waals surface area contributed by atoms with Crippen molar-refractivity contribution in [1.29, 1.82) is 0 Å². The summed E-state index contributed by atoms with van der Waals surface area (Å²) in [6.45, 7) is 0.480. The summed E-state index contributed by atoms with van der Waals surface area (Å²) in [5.74, 6) is 1.06. The van der Waals surface area contributed by atoms with Crippen LogP contribution in [0.3, 0.4) is 0 Å². The molecule has 1 aromatic heterocycles. The SMILES string of the molecule is Cn1c(CO)nnc1SCOCc1ccccc1. The lowest BCUT2D eigenvalue weighted by atomic mass is 10.2. The number of aliphatic hydroxyl groups is 1. The summed E-state index contributed by atoms with van der Waals surface area (Å²) in [6, 6.07) is 10.0. The molecule has 1 aromatic carbocycles. The minimum absolute atomic E-state index is 0.102. The molecule has 0 saturated heterocycles. The first-order chi connectivity index (χ1) is 8.81. The van der Waals surface area contributed by atoms with Crippen molar-refractivity contribution in [3.05, 3.63) is 41.7 Å². The summed E-state index contributed by atoms with van der Waals surface area (Å²) in [5, 5.41) is 17.6. The number of aliphatic hydroxyl groups excluding tert-OH is 1. The van der Waals surface area contributed by atoms with E-state index in [-0.39, 0.29) is 6.61 Å². The second-order valence-corrected chi connectivity index (χ2v) is 4.60. The van der Waals surface area contributed by atoms with Crippen LogP contribution in [-0.2, 0) is 25.0 Å². The lowest BCUT2D eigenvalue weighted by Crippen LogP contribution is -1.99. The predicted octanol–water partition coefficient (Wildman–Crippen LogP) is 1.57. The quantitative estimate of drug-likeness (QED) is 0.488. The predicted molar refractivity (Wildman–Crippen MR) is 68.9 cm³/mol. The second-order valence-electron chi connectivity index (χ2n) is 3.71. The molecule has 18 heavy (non-hydrogen) atoms. The zero-order chi connectivity index (χ0) is 12.8. The summed E-state index contributed by atoms with van der Waals surface area (Å²) in [5.41, 5.74) is 1.15. The zero-order valence-corrected chi connectivity index (χ0v) is 10.9. The Labute approximate surface area is 110 Å². The Morgan fingerprint density at radius 3 is 2.72 bits per heavy atom. The molecular weight excluding hydrogens is 250 g/mol. The number of rotatable bonds is 6. The molecule has 1 N–H and O–H groups in total. The third kappa shape index (κ3) is 3.32. The van der Waals surface area contributed by atoms with Crippen LogP contribution in [0.1, 0.15) is 11.4 Å². The lowest BCUT2D eigenvalue weighted by molar-refractivity contribution is 0.169. The van der Waals surface area contributed by atoms with Gasteiger partial charge in [-0.15, -0.1) is 10.2 Å². The molecule has 1 heterocycles. The molecule has 0 amide bonds. The molecule has 2 aromatic rings. The first-order valence-electron chi connectivity index (χ1n) is 5.55. The van der Waals surface area contributed by atoms with Gasteiger partial charge in [-0.05, 0) is 5.56 Å². The molecule has 0 bridgehead atoms. The van der Waals surface area contributed by atoms with Gasteiger partial charge >= 0.3 is 0 Å². The second kappa shape index (κ2) is 6.53. The van der Waals surface area contributed by atoms with E-state index in [1.165, 1.54) is 11.8 Å². The minimum Gasteiger partial charge on any atom is -0.388 e. The molecule has 2 rings (SSSR count). The molecule has 0 atom stereocenters. The molecule has 0 unspecified atom stereocenters. The van der Waals surface area contributed by atoms with Crippen LogP contribution in [0.15, 0.2) is 35.5 Å². The summed E-state index contributed by atoms with van der Waals surface area (Å²) in [7, 11) is 1.82. The van der Waals surface area contributed by atoms with Crippen LogP contribution in [0, 0.1) is 0 Å². The number of nitrogens with zero attached hydrogens (tertiary/aromatic N) is 3. The topological polar surface area (TPSA) is 60.2 Å². The summed E-state index contributed by atoms with van der Waals surface area (Å²) < 4.78 is 7.30. The maximum absolute atomic E-state index is 8.99. The van der Waals surface area contributed by atoms with Crippen molar-refractivity contribution in [3.8, 4) is 0 Å². The van der Waals surface area contributed by atoms with Gasteiger partial charge in [-0.25, -0.2) is 0 Å². The molecule has 0 saturated carbocycles. The van der Waals surface area contributed by atoms with Crippen molar-refractivity contribution >= 4 is 11.8 Å². The van der Waals surface area contributed by atoms with E-state index in [0.717, 1.165) is 10.7 Å². The molecule has 5 nitrogen and oxygen atoms in total. The number of thioether (sulfide) groups is 1. The third-order valence-electron chi connectivity index (χ3n) is 2.45. The Hall–Kier alpha value is -1.37. The smallest absolute Gasteiger partial charge is 0.193 e. The summed E-state index contributed by atoms with van der Waals surface area (Å²) in [4.78, 5) is 0. The van der Waals surface area contributed by atoms with Crippen molar-refractivity contribution in [2.45, 2.75) is 18.4 Å². The Balaban J connectivity index is 1.77. The van der Waals surface area contributed by atoms with Crippen LogP contribution in [-0.4, -0.2) is 25.8 Å². The molecule has 0 fully saturated rings. The normalized spacial score (nSPS) is 10.8. The number of benzene rings is 1. The first-order valence-corrected chi connectivity index (χ1v) is 6.53. The van der Waals surface area contributed by atoms with Crippen LogP contribution >= 0.6 is 11.8 Å². The van der Waals surface area contributed by atoms with E-state index in [9.17, 15) is 0 Å². The Kier molecular flexibility index (Phi) is 4.74. The highest BCUT2D eigenvalue weighted by Crippen LogP contribution is 2.16. The molecule has 0 radical (unpaired) electrons. The molecule has 0 aliphatic rings. The van der Waals surface area contributed by atoms with Gasteiger partial charge in [0.05, 0.1) is 6.61 Å². The molecular formula is C12H15N3O2S. The van der Waals surface area contributed by atoms with Gasteiger partial charge in [-0.1, -0.05) is 42.1 Å². The summed E-state index contributed by atoms with van der Waals surface area (Å²) in [6.07, 6.45) is 0.